The largest absolute Gasteiger partial charge is 0.467 e. The number of furan rings is 1. The van der Waals surface area contributed by atoms with Crippen LogP contribution in [0.5, 0.6) is 0 Å². The Morgan fingerprint density at radius 1 is 1.42 bits per heavy atom. The minimum atomic E-state index is 0.0166. The number of rotatable bonds is 7. The van der Waals surface area contributed by atoms with Crippen LogP contribution in [0.2, 0.25) is 4.34 Å². The van der Waals surface area contributed by atoms with Gasteiger partial charge in [-0.1, -0.05) is 11.6 Å². The maximum atomic E-state index is 6.02. The standard InChI is InChI=1S/C14H18ClNO2S/c1-3-17-9-10(2)16-14(11-5-4-8-18-11)12-6-7-13(15)19-12/h4-8,10,14,16H,3,9H2,1-2H3. The summed E-state index contributed by atoms with van der Waals surface area (Å²) < 4.78 is 11.7. The first-order valence-corrected chi connectivity index (χ1v) is 7.52. The molecule has 2 unspecified atom stereocenters. The van der Waals surface area contributed by atoms with Crippen molar-refractivity contribution in [2.45, 2.75) is 25.9 Å². The second-order valence-corrected chi connectivity index (χ2v) is 6.06. The zero-order valence-corrected chi connectivity index (χ0v) is 12.6. The van der Waals surface area contributed by atoms with Gasteiger partial charge >= 0.3 is 0 Å². The van der Waals surface area contributed by atoms with Crippen LogP contribution in [0.3, 0.4) is 0 Å². The summed E-state index contributed by atoms with van der Waals surface area (Å²) in [5, 5.41) is 3.52. The Balaban J connectivity index is 2.11. The summed E-state index contributed by atoms with van der Waals surface area (Å²) in [6.07, 6.45) is 1.69. The zero-order chi connectivity index (χ0) is 13.7. The van der Waals surface area contributed by atoms with Crippen LogP contribution in [0.1, 0.15) is 30.5 Å². The average Bonchev–Trinajstić information content (AvgIpc) is 3.04. The summed E-state index contributed by atoms with van der Waals surface area (Å²) in [7, 11) is 0. The van der Waals surface area contributed by atoms with E-state index in [1.807, 2.05) is 31.2 Å². The fourth-order valence-corrected chi connectivity index (χ4v) is 3.00. The van der Waals surface area contributed by atoms with Gasteiger partial charge in [0.1, 0.15) is 11.8 Å². The van der Waals surface area contributed by atoms with Crippen molar-refractivity contribution in [3.8, 4) is 0 Å². The topological polar surface area (TPSA) is 34.4 Å². The Bertz CT molecular complexity index is 483. The molecule has 3 nitrogen and oxygen atoms in total. The molecule has 0 aliphatic rings. The highest BCUT2D eigenvalue weighted by atomic mass is 35.5. The van der Waals surface area contributed by atoms with Gasteiger partial charge < -0.3 is 9.15 Å². The van der Waals surface area contributed by atoms with Crippen molar-refractivity contribution in [1.29, 1.82) is 0 Å². The van der Waals surface area contributed by atoms with Crippen molar-refractivity contribution < 1.29 is 9.15 Å². The maximum absolute atomic E-state index is 6.02. The van der Waals surface area contributed by atoms with Crippen LogP contribution in [-0.2, 0) is 4.74 Å². The fourth-order valence-electron chi connectivity index (χ4n) is 1.87. The minimum Gasteiger partial charge on any atom is -0.467 e. The van der Waals surface area contributed by atoms with Crippen LogP contribution < -0.4 is 5.32 Å². The lowest BCUT2D eigenvalue weighted by atomic mass is 10.1. The number of ether oxygens (including phenoxy) is 1. The molecule has 0 bridgehead atoms. The van der Waals surface area contributed by atoms with Crippen LogP contribution in [-0.4, -0.2) is 19.3 Å². The molecule has 104 valence electrons. The predicted octanol–water partition coefficient (Wildman–Crippen LogP) is 4.10. The van der Waals surface area contributed by atoms with Crippen LogP contribution in [0.4, 0.5) is 0 Å². The lowest BCUT2D eigenvalue weighted by molar-refractivity contribution is 0.124. The molecular weight excluding hydrogens is 282 g/mol. The first kappa shape index (κ1) is 14.6. The summed E-state index contributed by atoms with van der Waals surface area (Å²) in [6.45, 7) is 5.49. The second-order valence-electron chi connectivity index (χ2n) is 4.32. The van der Waals surface area contributed by atoms with Crippen molar-refractivity contribution >= 4 is 22.9 Å². The number of halogens is 1. The highest BCUT2D eigenvalue weighted by molar-refractivity contribution is 7.16. The molecule has 0 saturated heterocycles. The van der Waals surface area contributed by atoms with E-state index in [0.29, 0.717) is 6.61 Å². The molecule has 0 saturated carbocycles. The van der Waals surface area contributed by atoms with E-state index in [1.165, 1.54) is 0 Å². The van der Waals surface area contributed by atoms with Crippen molar-refractivity contribution in [1.82, 2.24) is 5.32 Å². The van der Waals surface area contributed by atoms with Crippen LogP contribution in [0, 0.1) is 0 Å². The quantitative estimate of drug-likeness (QED) is 0.836. The first-order valence-electron chi connectivity index (χ1n) is 6.33. The molecule has 0 aliphatic carbocycles. The Labute approximate surface area is 122 Å². The Hall–Kier alpha value is -0.810. The molecule has 19 heavy (non-hydrogen) atoms. The summed E-state index contributed by atoms with van der Waals surface area (Å²) >= 11 is 7.58. The monoisotopic (exact) mass is 299 g/mol. The smallest absolute Gasteiger partial charge is 0.126 e. The minimum absolute atomic E-state index is 0.0166. The molecule has 0 fully saturated rings. The third-order valence-electron chi connectivity index (χ3n) is 2.73. The number of hydrogen-bond acceptors (Lipinski definition) is 4. The van der Waals surface area contributed by atoms with E-state index < -0.39 is 0 Å². The van der Waals surface area contributed by atoms with Crippen LogP contribution in [0.25, 0.3) is 0 Å². The maximum Gasteiger partial charge on any atom is 0.126 e. The van der Waals surface area contributed by atoms with E-state index in [1.54, 1.807) is 17.6 Å². The Kier molecular flexibility index (Phi) is 5.45. The number of thiophene rings is 1. The lowest BCUT2D eigenvalue weighted by Gasteiger charge is -2.20. The molecule has 0 spiro atoms. The van der Waals surface area contributed by atoms with E-state index in [4.69, 9.17) is 20.8 Å². The Morgan fingerprint density at radius 3 is 2.84 bits per heavy atom. The first-order chi connectivity index (χ1) is 9.20. The number of nitrogens with one attached hydrogen (secondary N) is 1. The van der Waals surface area contributed by atoms with Gasteiger partial charge in [-0.05, 0) is 38.1 Å². The average molecular weight is 300 g/mol. The normalized spacial score (nSPS) is 14.5. The van der Waals surface area contributed by atoms with E-state index in [9.17, 15) is 0 Å². The van der Waals surface area contributed by atoms with Crippen molar-refractivity contribution in [3.63, 3.8) is 0 Å². The molecule has 0 amide bonds. The van der Waals surface area contributed by atoms with Gasteiger partial charge in [-0.2, -0.15) is 0 Å². The van der Waals surface area contributed by atoms with E-state index >= 15 is 0 Å². The molecule has 2 aromatic heterocycles. The van der Waals surface area contributed by atoms with Gasteiger partial charge in [0.25, 0.3) is 0 Å². The molecule has 0 aliphatic heterocycles. The second kappa shape index (κ2) is 7.10. The number of hydrogen-bond donors (Lipinski definition) is 1. The Morgan fingerprint density at radius 2 is 2.26 bits per heavy atom. The van der Waals surface area contributed by atoms with Crippen molar-refractivity contribution in [2.75, 3.05) is 13.2 Å². The SMILES string of the molecule is CCOCC(C)NC(c1ccco1)c1ccc(Cl)s1. The highest BCUT2D eigenvalue weighted by Crippen LogP contribution is 2.31. The van der Waals surface area contributed by atoms with Crippen LogP contribution >= 0.6 is 22.9 Å². The predicted molar refractivity (Wildman–Crippen MR) is 79.0 cm³/mol. The molecular formula is C14H18ClNO2S. The fraction of sp³-hybridized carbons (Fsp3) is 0.429. The van der Waals surface area contributed by atoms with Gasteiger partial charge in [0.2, 0.25) is 0 Å². The van der Waals surface area contributed by atoms with Gasteiger partial charge in [-0.15, -0.1) is 11.3 Å². The zero-order valence-electron chi connectivity index (χ0n) is 11.1. The van der Waals surface area contributed by atoms with Gasteiger partial charge in [0.15, 0.2) is 0 Å². The van der Waals surface area contributed by atoms with Crippen molar-refractivity contribution in [2.24, 2.45) is 0 Å². The lowest BCUT2D eigenvalue weighted by Crippen LogP contribution is -2.34. The van der Waals surface area contributed by atoms with Gasteiger partial charge in [0.05, 0.1) is 17.2 Å². The molecule has 1 N–H and O–H groups in total. The van der Waals surface area contributed by atoms with Crippen molar-refractivity contribution in [3.05, 3.63) is 45.5 Å². The van der Waals surface area contributed by atoms with E-state index in [2.05, 4.69) is 12.2 Å². The molecule has 0 aromatic carbocycles. The molecule has 2 aromatic rings. The molecule has 2 atom stereocenters. The third-order valence-corrected chi connectivity index (χ3v) is 4.03. The van der Waals surface area contributed by atoms with Gasteiger partial charge in [0, 0.05) is 17.5 Å². The van der Waals surface area contributed by atoms with Crippen LogP contribution in [0.15, 0.2) is 34.9 Å². The molecule has 2 heterocycles. The third kappa shape index (κ3) is 4.08. The van der Waals surface area contributed by atoms with E-state index in [-0.39, 0.29) is 12.1 Å². The van der Waals surface area contributed by atoms with Gasteiger partial charge in [-0.3, -0.25) is 5.32 Å². The molecule has 0 radical (unpaired) electrons. The molecule has 5 heteroatoms. The van der Waals surface area contributed by atoms with E-state index in [0.717, 1.165) is 21.6 Å². The summed E-state index contributed by atoms with van der Waals surface area (Å²) in [4.78, 5) is 1.14. The molecule has 2 rings (SSSR count). The van der Waals surface area contributed by atoms with Gasteiger partial charge in [-0.25, -0.2) is 0 Å². The summed E-state index contributed by atoms with van der Waals surface area (Å²) in [5.74, 6) is 0.891. The summed E-state index contributed by atoms with van der Waals surface area (Å²) in [5.41, 5.74) is 0. The summed E-state index contributed by atoms with van der Waals surface area (Å²) in [6, 6.07) is 8.05. The highest BCUT2D eigenvalue weighted by Gasteiger charge is 2.20.